The topological polar surface area (TPSA) is 26.3 Å². The third-order valence-corrected chi connectivity index (χ3v) is 1.96. The van der Waals surface area contributed by atoms with E-state index in [1.54, 1.807) is 0 Å². The average Bonchev–Trinajstić information content (AvgIpc) is 2.24. The molecule has 0 radical (unpaired) electrons. The van der Waals surface area contributed by atoms with Gasteiger partial charge in [-0.15, -0.1) is 0 Å². The van der Waals surface area contributed by atoms with E-state index in [4.69, 9.17) is 4.74 Å². The van der Waals surface area contributed by atoms with E-state index >= 15 is 0 Å². The molecule has 0 bridgehead atoms. The van der Waals surface area contributed by atoms with Crippen molar-refractivity contribution in [3.05, 3.63) is 35.9 Å². The molecular formula is C15H18O2. The summed E-state index contributed by atoms with van der Waals surface area (Å²) in [5.41, 5.74) is 0.798. The number of hydrogen-bond donors (Lipinski definition) is 0. The predicted molar refractivity (Wildman–Crippen MR) is 68.2 cm³/mol. The third-order valence-electron chi connectivity index (χ3n) is 1.96. The molecule has 0 spiro atoms. The third kappa shape index (κ3) is 5.21. The molecule has 0 aliphatic heterocycles. The molecular weight excluding hydrogens is 212 g/mol. The lowest BCUT2D eigenvalue weighted by Crippen LogP contribution is -2.08. The van der Waals surface area contributed by atoms with Crippen molar-refractivity contribution in [3.63, 3.8) is 0 Å². The molecule has 0 saturated heterocycles. The van der Waals surface area contributed by atoms with E-state index in [0.29, 0.717) is 0 Å². The summed E-state index contributed by atoms with van der Waals surface area (Å²) in [6.45, 7) is 7.47. The molecule has 0 heterocycles. The molecule has 17 heavy (non-hydrogen) atoms. The molecule has 0 aromatic heterocycles. The molecule has 1 aromatic carbocycles. The lowest BCUT2D eigenvalue weighted by Gasteiger charge is -2.13. The van der Waals surface area contributed by atoms with Crippen LogP contribution in [0.5, 0.6) is 0 Å². The van der Waals surface area contributed by atoms with E-state index in [0.717, 1.165) is 5.56 Å². The van der Waals surface area contributed by atoms with Gasteiger partial charge >= 0.3 is 5.97 Å². The Balaban J connectivity index is 2.96. The number of carbonyl (C=O) groups is 1. The van der Waals surface area contributed by atoms with Gasteiger partial charge in [0.25, 0.3) is 0 Å². The Labute approximate surface area is 103 Å². The van der Waals surface area contributed by atoms with E-state index in [1.807, 2.05) is 51.1 Å². The van der Waals surface area contributed by atoms with Gasteiger partial charge in [-0.1, -0.05) is 42.2 Å². The van der Waals surface area contributed by atoms with Crippen LogP contribution in [0.2, 0.25) is 0 Å². The summed E-state index contributed by atoms with van der Waals surface area (Å²) < 4.78 is 5.22. The molecule has 0 aliphatic carbocycles. The molecule has 1 aromatic rings. The first-order valence-corrected chi connectivity index (χ1v) is 5.63. The Bertz CT molecular complexity index is 429. The number of ether oxygens (including phenoxy) is 1. The van der Waals surface area contributed by atoms with Crippen molar-refractivity contribution in [3.8, 4) is 11.8 Å². The lowest BCUT2D eigenvalue weighted by molar-refractivity contribution is -0.144. The molecule has 0 N–H and O–H groups in total. The molecule has 0 fully saturated rings. The van der Waals surface area contributed by atoms with Gasteiger partial charge in [-0.3, -0.25) is 4.79 Å². The fourth-order valence-electron chi connectivity index (χ4n) is 1.26. The van der Waals surface area contributed by atoms with Gasteiger partial charge in [0.2, 0.25) is 0 Å². The second kappa shape index (κ2) is 5.54. The van der Waals surface area contributed by atoms with Crippen molar-refractivity contribution >= 4 is 5.97 Å². The Morgan fingerprint density at radius 1 is 1.24 bits per heavy atom. The van der Waals surface area contributed by atoms with Crippen LogP contribution in [0.25, 0.3) is 0 Å². The zero-order valence-corrected chi connectivity index (χ0v) is 10.8. The minimum Gasteiger partial charge on any atom is -0.444 e. The number of carbonyl (C=O) groups excluding carboxylic acids is 1. The Kier molecular flexibility index (Phi) is 4.34. The summed E-state index contributed by atoms with van der Waals surface area (Å²) in [4.78, 5) is 11.1. The van der Waals surface area contributed by atoms with Crippen LogP contribution in [-0.2, 0) is 9.53 Å². The SMILES string of the molecule is CC(=O)OC(C#CC(C)(C)C)c1ccccc1. The molecule has 0 saturated carbocycles. The smallest absolute Gasteiger partial charge is 0.304 e. The van der Waals surface area contributed by atoms with Crippen molar-refractivity contribution in [2.24, 2.45) is 5.41 Å². The van der Waals surface area contributed by atoms with Gasteiger partial charge in [0.15, 0.2) is 6.10 Å². The van der Waals surface area contributed by atoms with Crippen LogP contribution < -0.4 is 0 Å². The first-order valence-electron chi connectivity index (χ1n) is 5.63. The first-order chi connectivity index (χ1) is 7.88. The van der Waals surface area contributed by atoms with Crippen molar-refractivity contribution < 1.29 is 9.53 Å². The summed E-state index contributed by atoms with van der Waals surface area (Å²) in [5, 5.41) is 0. The fraction of sp³-hybridized carbons (Fsp3) is 0.400. The van der Waals surface area contributed by atoms with Crippen LogP contribution in [0.3, 0.4) is 0 Å². The van der Waals surface area contributed by atoms with Crippen LogP contribution in [0.15, 0.2) is 30.3 Å². The highest BCUT2D eigenvalue weighted by Gasteiger charge is 2.12. The van der Waals surface area contributed by atoms with Gasteiger partial charge in [0.1, 0.15) is 0 Å². The van der Waals surface area contributed by atoms with Crippen molar-refractivity contribution in [1.29, 1.82) is 0 Å². The highest BCUT2D eigenvalue weighted by atomic mass is 16.5. The van der Waals surface area contributed by atoms with Gasteiger partial charge in [-0.25, -0.2) is 0 Å². The largest absolute Gasteiger partial charge is 0.444 e. The van der Waals surface area contributed by atoms with Crippen molar-refractivity contribution in [2.45, 2.75) is 33.8 Å². The van der Waals surface area contributed by atoms with E-state index in [9.17, 15) is 4.79 Å². The second-order valence-corrected chi connectivity index (χ2v) is 4.92. The molecule has 0 amide bonds. The standard InChI is InChI=1S/C15H18O2/c1-12(16)17-14(10-11-15(2,3)4)13-8-6-5-7-9-13/h5-9,14H,1-4H3. The normalized spacial score (nSPS) is 12.2. The highest BCUT2D eigenvalue weighted by molar-refractivity contribution is 5.66. The van der Waals surface area contributed by atoms with Crippen molar-refractivity contribution in [2.75, 3.05) is 0 Å². The van der Waals surface area contributed by atoms with Crippen LogP contribution >= 0.6 is 0 Å². The minimum atomic E-state index is -0.479. The number of rotatable bonds is 2. The molecule has 2 heteroatoms. The zero-order chi connectivity index (χ0) is 12.9. The minimum absolute atomic E-state index is 0.104. The van der Waals surface area contributed by atoms with Gasteiger partial charge in [-0.05, 0) is 20.8 Å². The van der Waals surface area contributed by atoms with Gasteiger partial charge in [-0.2, -0.15) is 0 Å². The second-order valence-electron chi connectivity index (χ2n) is 4.92. The predicted octanol–water partition coefficient (Wildman–Crippen LogP) is 3.34. The summed E-state index contributed by atoms with van der Waals surface area (Å²) >= 11 is 0. The van der Waals surface area contributed by atoms with Gasteiger partial charge in [0, 0.05) is 17.9 Å². The first kappa shape index (κ1) is 13.3. The Morgan fingerprint density at radius 2 is 1.82 bits per heavy atom. The summed E-state index contributed by atoms with van der Waals surface area (Å²) in [5.74, 6) is 5.80. The summed E-state index contributed by atoms with van der Waals surface area (Å²) in [6.07, 6.45) is -0.479. The van der Waals surface area contributed by atoms with Crippen molar-refractivity contribution in [1.82, 2.24) is 0 Å². The molecule has 1 atom stereocenters. The van der Waals surface area contributed by atoms with Crippen LogP contribution in [0.4, 0.5) is 0 Å². The fourth-order valence-corrected chi connectivity index (χ4v) is 1.26. The van der Waals surface area contributed by atoms with Crippen LogP contribution in [0.1, 0.15) is 39.4 Å². The average molecular weight is 230 g/mol. The molecule has 90 valence electrons. The maximum absolute atomic E-state index is 11.1. The van der Waals surface area contributed by atoms with Gasteiger partial charge in [0.05, 0.1) is 0 Å². The molecule has 1 rings (SSSR count). The van der Waals surface area contributed by atoms with E-state index in [2.05, 4.69) is 11.8 Å². The van der Waals surface area contributed by atoms with Gasteiger partial charge < -0.3 is 4.74 Å². The quantitative estimate of drug-likeness (QED) is 0.575. The molecule has 1 unspecified atom stereocenters. The van der Waals surface area contributed by atoms with E-state index in [-0.39, 0.29) is 11.4 Å². The summed E-state index contributed by atoms with van der Waals surface area (Å²) in [7, 11) is 0. The number of benzene rings is 1. The maximum Gasteiger partial charge on any atom is 0.304 e. The molecule has 2 nitrogen and oxygen atoms in total. The molecule has 0 aliphatic rings. The number of hydrogen-bond acceptors (Lipinski definition) is 2. The zero-order valence-electron chi connectivity index (χ0n) is 10.8. The van der Waals surface area contributed by atoms with Crippen LogP contribution in [-0.4, -0.2) is 5.97 Å². The monoisotopic (exact) mass is 230 g/mol. The lowest BCUT2D eigenvalue weighted by atomic mass is 9.97. The summed E-state index contributed by atoms with van der Waals surface area (Å²) in [6, 6.07) is 9.55. The van der Waals surface area contributed by atoms with E-state index in [1.165, 1.54) is 6.92 Å². The Hall–Kier alpha value is -1.75. The number of esters is 1. The van der Waals surface area contributed by atoms with E-state index < -0.39 is 6.10 Å². The highest BCUT2D eigenvalue weighted by Crippen LogP contribution is 2.18. The van der Waals surface area contributed by atoms with Crippen LogP contribution in [0, 0.1) is 17.3 Å². The maximum atomic E-state index is 11.1. The Morgan fingerprint density at radius 3 is 2.29 bits per heavy atom.